The van der Waals surface area contributed by atoms with Gasteiger partial charge in [0.15, 0.2) is 0 Å². The van der Waals surface area contributed by atoms with E-state index < -0.39 is 10.0 Å². The zero-order chi connectivity index (χ0) is 14.3. The van der Waals surface area contributed by atoms with Crippen LogP contribution in [0.15, 0.2) is 42.0 Å². The van der Waals surface area contributed by atoms with Gasteiger partial charge < -0.3 is 0 Å². The summed E-state index contributed by atoms with van der Waals surface area (Å²) >= 11 is 0. The summed E-state index contributed by atoms with van der Waals surface area (Å²) in [5, 5.41) is 5.01. The van der Waals surface area contributed by atoms with E-state index in [4.69, 9.17) is 5.14 Å². The quantitative estimate of drug-likeness (QED) is 0.616. The third-order valence-corrected chi connectivity index (χ3v) is 3.59. The smallest absolute Gasteiger partial charge is 0.239 e. The number of nitrogens with two attached hydrogens (primary N) is 1. The minimum atomic E-state index is -3.68. The van der Waals surface area contributed by atoms with Gasteiger partial charge >= 0.3 is 0 Å². The molecule has 19 heavy (non-hydrogen) atoms. The summed E-state index contributed by atoms with van der Waals surface area (Å²) in [6.07, 6.45) is 9.83. The molecule has 0 spiro atoms. The van der Waals surface area contributed by atoms with Gasteiger partial charge in [-0.3, -0.25) is 4.98 Å². The van der Waals surface area contributed by atoms with Gasteiger partial charge in [-0.15, -0.1) is 0 Å². The van der Waals surface area contributed by atoms with Crippen LogP contribution in [0.1, 0.15) is 38.3 Å². The lowest BCUT2D eigenvalue weighted by molar-refractivity contribution is 0.597. The SMILES string of the molecule is C=C(/C=C/CCCCC)c1ccc(S(N)(=O)=O)cn1. The van der Waals surface area contributed by atoms with Gasteiger partial charge in [-0.25, -0.2) is 13.6 Å². The van der Waals surface area contributed by atoms with E-state index in [2.05, 4.69) is 24.6 Å². The molecule has 104 valence electrons. The summed E-state index contributed by atoms with van der Waals surface area (Å²) < 4.78 is 22.2. The Morgan fingerprint density at radius 3 is 2.68 bits per heavy atom. The normalized spacial score (nSPS) is 11.9. The first-order valence-corrected chi connectivity index (χ1v) is 7.84. The fraction of sp³-hybridized carbons (Fsp3) is 0.357. The Labute approximate surface area is 115 Å². The van der Waals surface area contributed by atoms with Crippen molar-refractivity contribution in [1.82, 2.24) is 4.98 Å². The molecular formula is C14H20N2O2S. The van der Waals surface area contributed by atoms with Crippen LogP contribution in [0.2, 0.25) is 0 Å². The third-order valence-electron chi connectivity index (χ3n) is 2.69. The van der Waals surface area contributed by atoms with Gasteiger partial charge in [0.25, 0.3) is 0 Å². The molecular weight excluding hydrogens is 260 g/mol. The number of aromatic nitrogens is 1. The highest BCUT2D eigenvalue weighted by atomic mass is 32.2. The van der Waals surface area contributed by atoms with E-state index >= 15 is 0 Å². The lowest BCUT2D eigenvalue weighted by Gasteiger charge is -2.01. The zero-order valence-corrected chi connectivity index (χ0v) is 12.0. The minimum Gasteiger partial charge on any atom is -0.255 e. The average Bonchev–Trinajstić information content (AvgIpc) is 2.37. The Morgan fingerprint density at radius 1 is 1.42 bits per heavy atom. The van der Waals surface area contributed by atoms with Gasteiger partial charge in [-0.2, -0.15) is 0 Å². The highest BCUT2D eigenvalue weighted by molar-refractivity contribution is 7.89. The molecule has 1 heterocycles. The highest BCUT2D eigenvalue weighted by Crippen LogP contribution is 2.14. The predicted octanol–water partition coefficient (Wildman–Crippen LogP) is 2.88. The number of hydrogen-bond donors (Lipinski definition) is 1. The Morgan fingerprint density at radius 2 is 2.16 bits per heavy atom. The fourth-order valence-electron chi connectivity index (χ4n) is 1.56. The van der Waals surface area contributed by atoms with Crippen molar-refractivity contribution < 1.29 is 8.42 Å². The summed E-state index contributed by atoms with van der Waals surface area (Å²) in [4.78, 5) is 4.06. The van der Waals surface area contributed by atoms with Gasteiger partial charge in [-0.05, 0) is 30.5 Å². The zero-order valence-electron chi connectivity index (χ0n) is 11.2. The van der Waals surface area contributed by atoms with Crippen molar-refractivity contribution in [3.8, 4) is 0 Å². The van der Waals surface area contributed by atoms with Gasteiger partial charge in [0.2, 0.25) is 10.0 Å². The fourth-order valence-corrected chi connectivity index (χ4v) is 2.02. The average molecular weight is 280 g/mol. The van der Waals surface area contributed by atoms with E-state index in [-0.39, 0.29) is 4.90 Å². The van der Waals surface area contributed by atoms with Crippen molar-refractivity contribution in [2.45, 2.75) is 37.5 Å². The lowest BCUT2D eigenvalue weighted by Crippen LogP contribution is -2.12. The molecule has 2 N–H and O–H groups in total. The highest BCUT2D eigenvalue weighted by Gasteiger charge is 2.07. The van der Waals surface area contributed by atoms with Crippen molar-refractivity contribution in [3.63, 3.8) is 0 Å². The van der Waals surface area contributed by atoms with Crippen LogP contribution in [0.4, 0.5) is 0 Å². The Bertz CT molecular complexity index is 545. The second-order valence-electron chi connectivity index (χ2n) is 4.35. The minimum absolute atomic E-state index is 0.0102. The number of hydrogen-bond acceptors (Lipinski definition) is 3. The lowest BCUT2D eigenvalue weighted by atomic mass is 10.1. The molecule has 0 atom stereocenters. The molecule has 0 saturated carbocycles. The first-order valence-electron chi connectivity index (χ1n) is 6.30. The van der Waals surface area contributed by atoms with Crippen molar-refractivity contribution in [2.24, 2.45) is 5.14 Å². The van der Waals surface area contributed by atoms with E-state index in [9.17, 15) is 8.42 Å². The molecule has 5 heteroatoms. The molecule has 0 aliphatic rings. The number of rotatable bonds is 7. The molecule has 0 unspecified atom stereocenters. The van der Waals surface area contributed by atoms with E-state index in [1.165, 1.54) is 25.1 Å². The van der Waals surface area contributed by atoms with Crippen LogP contribution in [0, 0.1) is 0 Å². The van der Waals surface area contributed by atoms with Crippen LogP contribution >= 0.6 is 0 Å². The van der Waals surface area contributed by atoms with Crippen LogP contribution in [0.5, 0.6) is 0 Å². The van der Waals surface area contributed by atoms with Crippen molar-refractivity contribution in [3.05, 3.63) is 42.8 Å². The van der Waals surface area contributed by atoms with E-state index in [0.29, 0.717) is 5.69 Å². The number of allylic oxidation sites excluding steroid dienone is 3. The topological polar surface area (TPSA) is 73.1 Å². The third kappa shape index (κ3) is 5.36. The largest absolute Gasteiger partial charge is 0.255 e. The Hall–Kier alpha value is -1.46. The molecule has 0 saturated heterocycles. The molecule has 1 aromatic rings. The van der Waals surface area contributed by atoms with Crippen LogP contribution in [-0.2, 0) is 10.0 Å². The monoisotopic (exact) mass is 280 g/mol. The van der Waals surface area contributed by atoms with Crippen LogP contribution in [0.25, 0.3) is 5.57 Å². The second kappa shape index (κ2) is 7.21. The molecule has 0 aliphatic carbocycles. The summed E-state index contributed by atoms with van der Waals surface area (Å²) in [6.45, 7) is 6.07. The van der Waals surface area contributed by atoms with Gasteiger partial charge in [0, 0.05) is 6.20 Å². The van der Waals surface area contributed by atoms with Gasteiger partial charge in [0.05, 0.1) is 5.69 Å². The summed E-state index contributed by atoms with van der Waals surface area (Å²) in [5.74, 6) is 0. The van der Waals surface area contributed by atoms with Gasteiger partial charge in [-0.1, -0.05) is 38.5 Å². The van der Waals surface area contributed by atoms with Gasteiger partial charge in [0.1, 0.15) is 4.90 Å². The van der Waals surface area contributed by atoms with E-state index in [1.807, 2.05) is 6.08 Å². The summed E-state index contributed by atoms with van der Waals surface area (Å²) in [5.41, 5.74) is 1.41. The first kappa shape index (κ1) is 15.6. The molecule has 1 rings (SSSR count). The molecule has 1 aromatic heterocycles. The molecule has 4 nitrogen and oxygen atoms in total. The number of pyridine rings is 1. The molecule has 0 amide bonds. The maximum atomic E-state index is 11.1. The number of unbranched alkanes of at least 4 members (excludes halogenated alkanes) is 3. The Kier molecular flexibility index (Phi) is 5.92. The maximum Gasteiger partial charge on any atom is 0.239 e. The standard InChI is InChI=1S/C14H20N2O2S/c1-3-4-5-6-7-8-12(2)14-10-9-13(11-16-14)19(15,17)18/h7-11H,2-6H2,1H3,(H2,15,17,18)/b8-7+. The summed E-state index contributed by atoms with van der Waals surface area (Å²) in [7, 11) is -3.68. The first-order chi connectivity index (χ1) is 8.95. The molecule has 0 fully saturated rings. The second-order valence-corrected chi connectivity index (χ2v) is 5.91. The summed E-state index contributed by atoms with van der Waals surface area (Å²) in [6, 6.07) is 3.05. The molecule has 0 radical (unpaired) electrons. The number of nitrogens with zero attached hydrogens (tertiary/aromatic N) is 1. The molecule has 0 aliphatic heterocycles. The van der Waals surface area contributed by atoms with Crippen LogP contribution in [-0.4, -0.2) is 13.4 Å². The van der Waals surface area contributed by atoms with Crippen LogP contribution in [0.3, 0.4) is 0 Å². The van der Waals surface area contributed by atoms with Crippen molar-refractivity contribution in [2.75, 3.05) is 0 Å². The predicted molar refractivity (Wildman–Crippen MR) is 77.9 cm³/mol. The number of sulfonamides is 1. The van der Waals surface area contributed by atoms with E-state index in [0.717, 1.165) is 18.4 Å². The van der Waals surface area contributed by atoms with Crippen LogP contribution < -0.4 is 5.14 Å². The van der Waals surface area contributed by atoms with Crippen molar-refractivity contribution in [1.29, 1.82) is 0 Å². The maximum absolute atomic E-state index is 11.1. The van der Waals surface area contributed by atoms with Crippen molar-refractivity contribution >= 4 is 15.6 Å². The molecule has 0 bridgehead atoms. The van der Waals surface area contributed by atoms with E-state index in [1.54, 1.807) is 6.07 Å². The molecule has 0 aromatic carbocycles. The Balaban J connectivity index is 2.63. The number of primary sulfonamides is 1.